The summed E-state index contributed by atoms with van der Waals surface area (Å²) < 4.78 is 19.4. The maximum Gasteiger partial charge on any atom is 0.331 e. The molecule has 0 aliphatic heterocycles. The Balaban J connectivity index is 3.85. The molecule has 0 radical (unpaired) electrons. The Morgan fingerprint density at radius 3 is 1.50 bits per heavy atom. The van der Waals surface area contributed by atoms with Crippen LogP contribution in [0, 0.1) is 0 Å². The van der Waals surface area contributed by atoms with Crippen LogP contribution >= 0.6 is 0 Å². The first-order valence-corrected chi connectivity index (χ1v) is 5.56. The molecule has 0 aliphatic carbocycles. The lowest BCUT2D eigenvalue weighted by Gasteiger charge is -2.09. The number of esters is 2. The summed E-state index contributed by atoms with van der Waals surface area (Å²) in [6.07, 6.45) is 1.67. The van der Waals surface area contributed by atoms with Crippen LogP contribution in [0.1, 0.15) is 13.8 Å². The summed E-state index contributed by atoms with van der Waals surface area (Å²) in [6.45, 7) is 3.79. The van der Waals surface area contributed by atoms with Crippen LogP contribution in [0.2, 0.25) is 0 Å². The molecule has 0 bridgehead atoms. The van der Waals surface area contributed by atoms with Crippen molar-refractivity contribution in [3.8, 4) is 0 Å². The molecule has 0 aromatic carbocycles. The molecular weight excluding hydrogens is 240 g/mol. The zero-order valence-corrected chi connectivity index (χ0v) is 11.2. The van der Waals surface area contributed by atoms with Gasteiger partial charge in [-0.2, -0.15) is 0 Å². The van der Waals surface area contributed by atoms with Crippen LogP contribution in [0.5, 0.6) is 0 Å². The van der Waals surface area contributed by atoms with Crippen molar-refractivity contribution in [2.24, 2.45) is 0 Å². The molecule has 0 spiro atoms. The second kappa shape index (κ2) is 9.61. The van der Waals surface area contributed by atoms with Crippen LogP contribution in [0.3, 0.4) is 0 Å². The molecule has 2 atom stereocenters. The van der Waals surface area contributed by atoms with Crippen molar-refractivity contribution in [1.82, 2.24) is 0 Å². The molecule has 0 heterocycles. The van der Waals surface area contributed by atoms with Crippen molar-refractivity contribution < 1.29 is 28.5 Å². The Bertz CT molecular complexity index is 258. The first-order valence-electron chi connectivity index (χ1n) is 5.56. The number of rotatable bonds is 8. The lowest BCUT2D eigenvalue weighted by atomic mass is 10.4. The van der Waals surface area contributed by atoms with Crippen molar-refractivity contribution >= 4 is 11.9 Å². The summed E-state index contributed by atoms with van der Waals surface area (Å²) in [5.74, 6) is -1.23. The number of carbonyl (C=O) groups is 2. The molecule has 0 saturated carbocycles. The minimum atomic E-state index is -0.615. The molecule has 0 N–H and O–H groups in total. The predicted octanol–water partition coefficient (Wildman–Crippen LogP) is 0.699. The third-order valence-electron chi connectivity index (χ3n) is 2.08. The van der Waals surface area contributed by atoms with Gasteiger partial charge in [0.25, 0.3) is 0 Å². The zero-order chi connectivity index (χ0) is 14.0. The SMILES string of the molecule is COC(C)COC(=O)/C=C\C(=O)OCC(C)OC. The van der Waals surface area contributed by atoms with Gasteiger partial charge in [0.15, 0.2) is 0 Å². The molecule has 0 aromatic heterocycles. The predicted molar refractivity (Wildman–Crippen MR) is 64.0 cm³/mol. The minimum Gasteiger partial charge on any atom is -0.460 e. The average molecular weight is 260 g/mol. The third-order valence-corrected chi connectivity index (χ3v) is 2.08. The second-order valence-corrected chi connectivity index (χ2v) is 3.69. The lowest BCUT2D eigenvalue weighted by Crippen LogP contribution is -2.17. The quantitative estimate of drug-likeness (QED) is 0.472. The van der Waals surface area contributed by atoms with Gasteiger partial charge in [-0.3, -0.25) is 0 Å². The van der Waals surface area contributed by atoms with E-state index in [1.54, 1.807) is 13.8 Å². The van der Waals surface area contributed by atoms with Gasteiger partial charge in [0.2, 0.25) is 0 Å². The van der Waals surface area contributed by atoms with Gasteiger partial charge in [0.05, 0.1) is 12.2 Å². The van der Waals surface area contributed by atoms with E-state index >= 15 is 0 Å². The smallest absolute Gasteiger partial charge is 0.331 e. The summed E-state index contributed by atoms with van der Waals surface area (Å²) in [7, 11) is 3.03. The molecule has 0 aromatic rings. The topological polar surface area (TPSA) is 71.1 Å². The largest absolute Gasteiger partial charge is 0.460 e. The number of ether oxygens (including phenoxy) is 4. The van der Waals surface area contributed by atoms with Crippen LogP contribution < -0.4 is 0 Å². The first-order chi connectivity index (χ1) is 8.49. The van der Waals surface area contributed by atoms with Gasteiger partial charge >= 0.3 is 11.9 Å². The van der Waals surface area contributed by atoms with Gasteiger partial charge in [-0.15, -0.1) is 0 Å². The Hall–Kier alpha value is -1.40. The van der Waals surface area contributed by atoms with E-state index in [2.05, 4.69) is 0 Å². The summed E-state index contributed by atoms with van der Waals surface area (Å²) >= 11 is 0. The molecule has 6 nitrogen and oxygen atoms in total. The molecule has 0 amide bonds. The highest BCUT2D eigenvalue weighted by atomic mass is 16.6. The highest BCUT2D eigenvalue weighted by Crippen LogP contribution is 1.93. The van der Waals surface area contributed by atoms with E-state index in [1.165, 1.54) is 14.2 Å². The van der Waals surface area contributed by atoms with E-state index < -0.39 is 11.9 Å². The molecule has 0 saturated heterocycles. The molecule has 0 fully saturated rings. The van der Waals surface area contributed by atoms with Crippen molar-refractivity contribution in [2.75, 3.05) is 27.4 Å². The molecule has 2 unspecified atom stereocenters. The second-order valence-electron chi connectivity index (χ2n) is 3.69. The van der Waals surface area contributed by atoms with E-state index in [4.69, 9.17) is 18.9 Å². The van der Waals surface area contributed by atoms with Crippen molar-refractivity contribution in [1.29, 1.82) is 0 Å². The minimum absolute atomic E-state index is 0.134. The van der Waals surface area contributed by atoms with Crippen LogP contribution in [0.15, 0.2) is 12.2 Å². The van der Waals surface area contributed by atoms with Crippen molar-refractivity contribution in [3.63, 3.8) is 0 Å². The summed E-state index contributed by atoms with van der Waals surface area (Å²) in [6, 6.07) is 0. The molecule has 0 rings (SSSR count). The highest BCUT2D eigenvalue weighted by molar-refractivity contribution is 5.91. The van der Waals surface area contributed by atoms with Crippen LogP contribution in [-0.4, -0.2) is 51.6 Å². The maximum absolute atomic E-state index is 11.2. The number of carbonyl (C=O) groups excluding carboxylic acids is 2. The van der Waals surface area contributed by atoms with Gasteiger partial charge in [0, 0.05) is 26.4 Å². The van der Waals surface area contributed by atoms with Crippen LogP contribution in [0.25, 0.3) is 0 Å². The fraction of sp³-hybridized carbons (Fsp3) is 0.667. The fourth-order valence-electron chi connectivity index (χ4n) is 0.767. The van der Waals surface area contributed by atoms with Crippen LogP contribution in [0.4, 0.5) is 0 Å². The van der Waals surface area contributed by atoms with Crippen LogP contribution in [-0.2, 0) is 28.5 Å². The van der Waals surface area contributed by atoms with Gasteiger partial charge in [-0.25, -0.2) is 9.59 Å². The van der Waals surface area contributed by atoms with Gasteiger partial charge < -0.3 is 18.9 Å². The van der Waals surface area contributed by atoms with E-state index in [-0.39, 0.29) is 25.4 Å². The van der Waals surface area contributed by atoms with E-state index in [1.807, 2.05) is 0 Å². The average Bonchev–Trinajstić information content (AvgIpc) is 2.39. The normalized spacial score (nSPS) is 14.2. The summed E-state index contributed by atoms with van der Waals surface area (Å²) in [5.41, 5.74) is 0. The summed E-state index contributed by atoms with van der Waals surface area (Å²) in [4.78, 5) is 22.3. The van der Waals surface area contributed by atoms with Gasteiger partial charge in [-0.1, -0.05) is 0 Å². The maximum atomic E-state index is 11.2. The van der Waals surface area contributed by atoms with E-state index in [0.29, 0.717) is 0 Å². The van der Waals surface area contributed by atoms with Gasteiger partial charge in [0.1, 0.15) is 13.2 Å². The monoisotopic (exact) mass is 260 g/mol. The summed E-state index contributed by atoms with van der Waals surface area (Å²) in [5, 5.41) is 0. The molecular formula is C12H20O6. The highest BCUT2D eigenvalue weighted by Gasteiger charge is 2.06. The molecule has 18 heavy (non-hydrogen) atoms. The Kier molecular flexibility index (Phi) is 8.86. The fourth-order valence-corrected chi connectivity index (χ4v) is 0.767. The molecule has 104 valence electrons. The standard InChI is InChI=1S/C12H20O6/c1-9(15-3)7-17-11(13)5-6-12(14)18-8-10(2)16-4/h5-6,9-10H,7-8H2,1-4H3/b6-5-. The molecule has 0 aliphatic rings. The Morgan fingerprint density at radius 1 is 0.889 bits per heavy atom. The van der Waals surface area contributed by atoms with E-state index in [9.17, 15) is 9.59 Å². The van der Waals surface area contributed by atoms with Gasteiger partial charge in [-0.05, 0) is 13.8 Å². The Morgan fingerprint density at radius 2 is 1.22 bits per heavy atom. The van der Waals surface area contributed by atoms with E-state index in [0.717, 1.165) is 12.2 Å². The number of hydrogen-bond donors (Lipinski definition) is 0. The zero-order valence-electron chi connectivity index (χ0n) is 11.2. The number of methoxy groups -OCH3 is 2. The third kappa shape index (κ3) is 8.72. The number of hydrogen-bond acceptors (Lipinski definition) is 6. The molecule has 6 heteroatoms. The Labute approximate surface area is 107 Å². The van der Waals surface area contributed by atoms with Crippen molar-refractivity contribution in [3.05, 3.63) is 12.2 Å². The first kappa shape index (κ1) is 16.6. The van der Waals surface area contributed by atoms with Crippen molar-refractivity contribution in [2.45, 2.75) is 26.1 Å². The lowest BCUT2D eigenvalue weighted by molar-refractivity contribution is -0.143.